The van der Waals surface area contributed by atoms with Gasteiger partial charge in [0.25, 0.3) is 5.91 Å². The van der Waals surface area contributed by atoms with E-state index < -0.39 is 0 Å². The van der Waals surface area contributed by atoms with Crippen molar-refractivity contribution in [3.63, 3.8) is 0 Å². The van der Waals surface area contributed by atoms with Crippen LogP contribution in [0.4, 0.5) is 5.69 Å². The molecular formula is C16H17NO3. The average molecular weight is 271 g/mol. The molecule has 0 bridgehead atoms. The van der Waals surface area contributed by atoms with Crippen LogP contribution >= 0.6 is 0 Å². The molecule has 0 saturated carbocycles. The summed E-state index contributed by atoms with van der Waals surface area (Å²) in [5, 5.41) is 2.88. The third-order valence-corrected chi connectivity index (χ3v) is 3.04. The van der Waals surface area contributed by atoms with Gasteiger partial charge in [-0.25, -0.2) is 0 Å². The maximum absolute atomic E-state index is 12.3. The highest BCUT2D eigenvalue weighted by atomic mass is 16.5. The number of aryl methyl sites for hydroxylation is 1. The quantitative estimate of drug-likeness (QED) is 0.928. The van der Waals surface area contributed by atoms with Gasteiger partial charge >= 0.3 is 0 Å². The fraction of sp³-hybridized carbons (Fsp3) is 0.188. The summed E-state index contributed by atoms with van der Waals surface area (Å²) < 4.78 is 10.4. The van der Waals surface area contributed by atoms with Crippen LogP contribution in [0.3, 0.4) is 0 Å². The summed E-state index contributed by atoms with van der Waals surface area (Å²) in [6.45, 7) is 1.93. The van der Waals surface area contributed by atoms with E-state index in [2.05, 4.69) is 5.32 Å². The van der Waals surface area contributed by atoms with E-state index in [0.717, 1.165) is 11.3 Å². The van der Waals surface area contributed by atoms with E-state index in [-0.39, 0.29) is 5.91 Å². The summed E-state index contributed by atoms with van der Waals surface area (Å²) in [7, 11) is 3.14. The third-order valence-electron chi connectivity index (χ3n) is 3.04. The highest BCUT2D eigenvalue weighted by molar-refractivity contribution is 6.06. The Balaban J connectivity index is 2.27. The van der Waals surface area contributed by atoms with Gasteiger partial charge in [-0.2, -0.15) is 0 Å². The Bertz CT molecular complexity index is 623. The molecule has 104 valence electrons. The number of ether oxygens (including phenoxy) is 2. The highest BCUT2D eigenvalue weighted by Crippen LogP contribution is 2.24. The van der Waals surface area contributed by atoms with Gasteiger partial charge in [-0.1, -0.05) is 18.2 Å². The molecule has 4 nitrogen and oxygen atoms in total. The van der Waals surface area contributed by atoms with E-state index in [4.69, 9.17) is 9.47 Å². The normalized spacial score (nSPS) is 9.95. The molecule has 0 radical (unpaired) electrons. The number of hydrogen-bond donors (Lipinski definition) is 1. The van der Waals surface area contributed by atoms with Gasteiger partial charge in [0.05, 0.1) is 19.8 Å². The van der Waals surface area contributed by atoms with Crippen molar-refractivity contribution in [2.45, 2.75) is 6.92 Å². The van der Waals surface area contributed by atoms with Gasteiger partial charge in [-0.3, -0.25) is 4.79 Å². The molecule has 1 N–H and O–H groups in total. The number of anilines is 1. The molecule has 0 aromatic heterocycles. The first-order valence-corrected chi connectivity index (χ1v) is 6.24. The lowest BCUT2D eigenvalue weighted by atomic mass is 10.1. The number of methoxy groups -OCH3 is 2. The molecule has 0 heterocycles. The zero-order chi connectivity index (χ0) is 14.5. The minimum absolute atomic E-state index is 0.209. The van der Waals surface area contributed by atoms with Crippen molar-refractivity contribution in [1.29, 1.82) is 0 Å². The fourth-order valence-corrected chi connectivity index (χ4v) is 1.88. The van der Waals surface area contributed by atoms with Crippen LogP contribution < -0.4 is 14.8 Å². The fourth-order valence-electron chi connectivity index (χ4n) is 1.88. The monoisotopic (exact) mass is 271 g/mol. The van der Waals surface area contributed by atoms with Crippen molar-refractivity contribution in [1.82, 2.24) is 0 Å². The van der Waals surface area contributed by atoms with E-state index in [0.29, 0.717) is 17.1 Å². The molecule has 0 aliphatic rings. The topological polar surface area (TPSA) is 47.6 Å². The Morgan fingerprint density at radius 1 is 1.05 bits per heavy atom. The molecule has 0 aliphatic heterocycles. The first kappa shape index (κ1) is 13.9. The Labute approximate surface area is 118 Å². The van der Waals surface area contributed by atoms with E-state index in [1.807, 2.05) is 25.1 Å². The summed E-state index contributed by atoms with van der Waals surface area (Å²) in [4.78, 5) is 12.3. The predicted molar refractivity (Wildman–Crippen MR) is 78.7 cm³/mol. The standard InChI is InChI=1S/C16H17NO3/c1-11-8-9-12(19-2)10-14(11)17-16(18)13-6-4-5-7-15(13)20-3/h4-10H,1-3H3,(H,17,18). The predicted octanol–water partition coefficient (Wildman–Crippen LogP) is 3.26. The molecule has 2 rings (SSSR count). The maximum Gasteiger partial charge on any atom is 0.259 e. The van der Waals surface area contributed by atoms with Crippen LogP contribution in [0, 0.1) is 6.92 Å². The first-order valence-electron chi connectivity index (χ1n) is 6.24. The number of rotatable bonds is 4. The van der Waals surface area contributed by atoms with E-state index in [1.54, 1.807) is 38.5 Å². The molecule has 0 saturated heterocycles. The van der Waals surface area contributed by atoms with E-state index in [1.165, 1.54) is 0 Å². The number of para-hydroxylation sites is 1. The lowest BCUT2D eigenvalue weighted by molar-refractivity contribution is 0.102. The molecule has 2 aromatic carbocycles. The van der Waals surface area contributed by atoms with Crippen molar-refractivity contribution in [2.75, 3.05) is 19.5 Å². The van der Waals surface area contributed by atoms with Crippen LogP contribution in [0.2, 0.25) is 0 Å². The molecule has 0 atom stereocenters. The smallest absolute Gasteiger partial charge is 0.259 e. The van der Waals surface area contributed by atoms with Crippen LogP contribution in [0.15, 0.2) is 42.5 Å². The van der Waals surface area contributed by atoms with Crippen molar-refractivity contribution in [3.05, 3.63) is 53.6 Å². The van der Waals surface area contributed by atoms with Crippen molar-refractivity contribution >= 4 is 11.6 Å². The first-order chi connectivity index (χ1) is 9.65. The summed E-state index contributed by atoms with van der Waals surface area (Å²) in [5.74, 6) is 1.04. The SMILES string of the molecule is COc1ccc(C)c(NC(=O)c2ccccc2OC)c1. The lowest BCUT2D eigenvalue weighted by Crippen LogP contribution is -2.14. The number of benzene rings is 2. The van der Waals surface area contributed by atoms with Crippen LogP contribution in [-0.2, 0) is 0 Å². The summed E-state index contributed by atoms with van der Waals surface area (Å²) in [6, 6.07) is 12.7. The Hall–Kier alpha value is -2.49. The van der Waals surface area contributed by atoms with Gasteiger partial charge in [0.2, 0.25) is 0 Å². The largest absolute Gasteiger partial charge is 0.497 e. The summed E-state index contributed by atoms with van der Waals surface area (Å²) >= 11 is 0. The molecule has 0 fully saturated rings. The minimum Gasteiger partial charge on any atom is -0.497 e. The Morgan fingerprint density at radius 2 is 1.80 bits per heavy atom. The van der Waals surface area contributed by atoms with Gasteiger partial charge in [-0.05, 0) is 30.7 Å². The Morgan fingerprint density at radius 3 is 2.50 bits per heavy atom. The second kappa shape index (κ2) is 6.10. The van der Waals surface area contributed by atoms with Gasteiger partial charge in [0.15, 0.2) is 0 Å². The van der Waals surface area contributed by atoms with Crippen LogP contribution in [0.1, 0.15) is 15.9 Å². The van der Waals surface area contributed by atoms with E-state index in [9.17, 15) is 4.79 Å². The second-order valence-electron chi connectivity index (χ2n) is 4.34. The molecule has 0 unspecified atom stereocenters. The number of carbonyl (C=O) groups excluding carboxylic acids is 1. The number of hydrogen-bond acceptors (Lipinski definition) is 3. The zero-order valence-corrected chi connectivity index (χ0v) is 11.8. The number of carbonyl (C=O) groups is 1. The maximum atomic E-state index is 12.3. The molecule has 0 aliphatic carbocycles. The van der Waals surface area contributed by atoms with Gasteiger partial charge in [0.1, 0.15) is 11.5 Å². The molecule has 0 spiro atoms. The molecular weight excluding hydrogens is 254 g/mol. The van der Waals surface area contributed by atoms with Gasteiger partial charge in [-0.15, -0.1) is 0 Å². The highest BCUT2D eigenvalue weighted by Gasteiger charge is 2.12. The van der Waals surface area contributed by atoms with Crippen molar-refractivity contribution in [2.24, 2.45) is 0 Å². The number of amides is 1. The lowest BCUT2D eigenvalue weighted by Gasteiger charge is -2.12. The van der Waals surface area contributed by atoms with Crippen LogP contribution in [0.5, 0.6) is 11.5 Å². The van der Waals surface area contributed by atoms with Gasteiger partial charge < -0.3 is 14.8 Å². The second-order valence-corrected chi connectivity index (χ2v) is 4.34. The van der Waals surface area contributed by atoms with Crippen molar-refractivity contribution < 1.29 is 14.3 Å². The minimum atomic E-state index is -0.209. The average Bonchev–Trinajstić information content (AvgIpc) is 2.49. The molecule has 2 aromatic rings. The molecule has 20 heavy (non-hydrogen) atoms. The van der Waals surface area contributed by atoms with Crippen LogP contribution in [-0.4, -0.2) is 20.1 Å². The zero-order valence-electron chi connectivity index (χ0n) is 11.8. The summed E-state index contributed by atoms with van der Waals surface area (Å²) in [5.41, 5.74) is 2.19. The van der Waals surface area contributed by atoms with Crippen LogP contribution in [0.25, 0.3) is 0 Å². The Kier molecular flexibility index (Phi) is 4.25. The molecule has 4 heteroatoms. The third kappa shape index (κ3) is 2.91. The summed E-state index contributed by atoms with van der Waals surface area (Å²) in [6.07, 6.45) is 0. The molecule has 1 amide bonds. The van der Waals surface area contributed by atoms with Gasteiger partial charge in [0, 0.05) is 11.8 Å². The van der Waals surface area contributed by atoms with Crippen molar-refractivity contribution in [3.8, 4) is 11.5 Å². The van der Waals surface area contributed by atoms with E-state index >= 15 is 0 Å². The number of nitrogens with one attached hydrogen (secondary N) is 1.